The van der Waals surface area contributed by atoms with Crippen molar-refractivity contribution in [3.05, 3.63) is 0 Å². The van der Waals surface area contributed by atoms with E-state index in [0.29, 0.717) is 0 Å². The number of hydrogen-bond donors (Lipinski definition) is 3. The molecule has 0 fully saturated rings. The van der Waals surface area contributed by atoms with Crippen molar-refractivity contribution in [3.8, 4) is 0 Å². The fourth-order valence-corrected chi connectivity index (χ4v) is 0.679. The number of hydrogen-bond acceptors (Lipinski definition) is 4. The maximum absolute atomic E-state index is 8.66. The summed E-state index contributed by atoms with van der Waals surface area (Å²) in [6.45, 7) is 1.68. The Bertz CT molecular complexity index is 84.5. The predicted molar refractivity (Wildman–Crippen MR) is 44.5 cm³/mol. The maximum atomic E-state index is 8.66. The standard InChI is InChI=1S/C7H18N2O2/c1-9(2)4-3-8-7(5-10)6-11/h7-8,10-11H,3-6H2,1-2H3. The van der Waals surface area contributed by atoms with Gasteiger partial charge in [-0.1, -0.05) is 0 Å². The van der Waals surface area contributed by atoms with Gasteiger partial charge in [0.2, 0.25) is 0 Å². The van der Waals surface area contributed by atoms with Gasteiger partial charge in [-0.15, -0.1) is 0 Å². The topological polar surface area (TPSA) is 55.7 Å². The molecule has 4 heteroatoms. The number of nitrogens with one attached hydrogen (secondary N) is 1. The summed E-state index contributed by atoms with van der Waals surface area (Å²) < 4.78 is 0. The molecule has 0 saturated heterocycles. The fraction of sp³-hybridized carbons (Fsp3) is 1.00. The Labute approximate surface area is 67.8 Å². The zero-order valence-electron chi connectivity index (χ0n) is 7.25. The third-order valence-corrected chi connectivity index (χ3v) is 1.43. The van der Waals surface area contributed by atoms with Crippen LogP contribution in [0.3, 0.4) is 0 Å². The van der Waals surface area contributed by atoms with Crippen molar-refractivity contribution in [2.24, 2.45) is 0 Å². The Morgan fingerprint density at radius 2 is 1.82 bits per heavy atom. The van der Waals surface area contributed by atoms with Gasteiger partial charge >= 0.3 is 0 Å². The molecule has 0 spiro atoms. The van der Waals surface area contributed by atoms with Crippen LogP contribution >= 0.6 is 0 Å². The van der Waals surface area contributed by atoms with E-state index < -0.39 is 0 Å². The molecule has 0 aromatic carbocycles. The third kappa shape index (κ3) is 6.25. The van der Waals surface area contributed by atoms with Crippen LogP contribution < -0.4 is 5.32 Å². The molecular weight excluding hydrogens is 144 g/mol. The summed E-state index contributed by atoms with van der Waals surface area (Å²) in [5.41, 5.74) is 0. The van der Waals surface area contributed by atoms with Crippen molar-refractivity contribution in [2.45, 2.75) is 6.04 Å². The van der Waals surface area contributed by atoms with Crippen molar-refractivity contribution in [1.29, 1.82) is 0 Å². The Morgan fingerprint density at radius 3 is 2.18 bits per heavy atom. The van der Waals surface area contributed by atoms with Gasteiger partial charge in [0.1, 0.15) is 0 Å². The smallest absolute Gasteiger partial charge is 0.0607 e. The van der Waals surface area contributed by atoms with Crippen molar-refractivity contribution in [1.82, 2.24) is 10.2 Å². The van der Waals surface area contributed by atoms with Crippen LogP contribution in [0.5, 0.6) is 0 Å². The highest BCUT2D eigenvalue weighted by Crippen LogP contribution is 1.79. The maximum Gasteiger partial charge on any atom is 0.0607 e. The molecule has 11 heavy (non-hydrogen) atoms. The highest BCUT2D eigenvalue weighted by molar-refractivity contribution is 4.63. The molecule has 0 radical (unpaired) electrons. The number of aliphatic hydroxyl groups excluding tert-OH is 2. The van der Waals surface area contributed by atoms with Crippen LogP contribution in [-0.2, 0) is 0 Å². The first-order chi connectivity index (χ1) is 5.20. The van der Waals surface area contributed by atoms with E-state index in [-0.39, 0.29) is 19.3 Å². The molecule has 4 nitrogen and oxygen atoms in total. The summed E-state index contributed by atoms with van der Waals surface area (Å²) in [5.74, 6) is 0. The summed E-state index contributed by atoms with van der Waals surface area (Å²) in [7, 11) is 3.96. The van der Waals surface area contributed by atoms with E-state index in [0.717, 1.165) is 13.1 Å². The minimum absolute atomic E-state index is 0.00999. The first kappa shape index (κ1) is 10.8. The largest absolute Gasteiger partial charge is 0.395 e. The minimum atomic E-state index is -0.171. The number of rotatable bonds is 6. The Hall–Kier alpha value is -0.160. The Morgan fingerprint density at radius 1 is 1.27 bits per heavy atom. The van der Waals surface area contributed by atoms with Crippen LogP contribution in [0.15, 0.2) is 0 Å². The summed E-state index contributed by atoms with van der Waals surface area (Å²) in [6, 6.07) is -0.171. The van der Waals surface area contributed by atoms with E-state index in [4.69, 9.17) is 10.2 Å². The SMILES string of the molecule is CN(C)CCNC(CO)CO. The summed E-state index contributed by atoms with van der Waals surface area (Å²) in [6.07, 6.45) is 0. The molecule has 0 aromatic heterocycles. The molecule has 0 atom stereocenters. The first-order valence-electron chi connectivity index (χ1n) is 3.80. The monoisotopic (exact) mass is 162 g/mol. The van der Waals surface area contributed by atoms with Crippen LogP contribution in [0, 0.1) is 0 Å². The van der Waals surface area contributed by atoms with E-state index in [1.54, 1.807) is 0 Å². The molecule has 0 unspecified atom stereocenters. The van der Waals surface area contributed by atoms with Gasteiger partial charge in [-0.3, -0.25) is 0 Å². The lowest BCUT2D eigenvalue weighted by Crippen LogP contribution is -2.39. The van der Waals surface area contributed by atoms with Gasteiger partial charge in [-0.2, -0.15) is 0 Å². The molecular formula is C7H18N2O2. The van der Waals surface area contributed by atoms with Gasteiger partial charge in [-0.05, 0) is 14.1 Å². The zero-order valence-corrected chi connectivity index (χ0v) is 7.25. The molecule has 3 N–H and O–H groups in total. The van der Waals surface area contributed by atoms with Crippen LogP contribution in [-0.4, -0.2) is 61.6 Å². The number of likely N-dealkylation sites (N-methyl/N-ethyl adjacent to an activating group) is 1. The fourth-order valence-electron chi connectivity index (χ4n) is 0.679. The lowest BCUT2D eigenvalue weighted by Gasteiger charge is -2.15. The second kappa shape index (κ2) is 6.54. The second-order valence-electron chi connectivity index (χ2n) is 2.82. The molecule has 0 saturated carbocycles. The third-order valence-electron chi connectivity index (χ3n) is 1.43. The highest BCUT2D eigenvalue weighted by atomic mass is 16.3. The van der Waals surface area contributed by atoms with Crippen molar-refractivity contribution in [2.75, 3.05) is 40.4 Å². The quantitative estimate of drug-likeness (QED) is 0.444. The van der Waals surface area contributed by atoms with Gasteiger partial charge in [-0.25, -0.2) is 0 Å². The zero-order chi connectivity index (χ0) is 8.69. The number of aliphatic hydroxyl groups is 2. The van der Waals surface area contributed by atoms with E-state index >= 15 is 0 Å². The Kier molecular flexibility index (Phi) is 6.45. The normalized spacial score (nSPS) is 11.5. The van der Waals surface area contributed by atoms with E-state index in [1.165, 1.54) is 0 Å². The van der Waals surface area contributed by atoms with E-state index in [2.05, 4.69) is 5.32 Å². The lowest BCUT2D eigenvalue weighted by atomic mass is 10.3. The van der Waals surface area contributed by atoms with Gasteiger partial charge in [0.25, 0.3) is 0 Å². The van der Waals surface area contributed by atoms with Crippen LogP contribution in [0.4, 0.5) is 0 Å². The predicted octanol–water partition coefficient (Wildman–Crippen LogP) is -1.51. The summed E-state index contributed by atoms with van der Waals surface area (Å²) in [5, 5.41) is 20.3. The van der Waals surface area contributed by atoms with Gasteiger partial charge in [0.05, 0.1) is 19.3 Å². The molecule has 0 aromatic rings. The molecule has 68 valence electrons. The van der Waals surface area contributed by atoms with Gasteiger partial charge < -0.3 is 20.4 Å². The molecule has 0 rings (SSSR count). The highest BCUT2D eigenvalue weighted by Gasteiger charge is 2.02. The Balaban J connectivity index is 3.21. The average molecular weight is 162 g/mol. The van der Waals surface area contributed by atoms with Crippen molar-refractivity contribution >= 4 is 0 Å². The van der Waals surface area contributed by atoms with E-state index in [1.807, 2.05) is 19.0 Å². The molecule has 0 bridgehead atoms. The number of nitrogens with zero attached hydrogens (tertiary/aromatic N) is 1. The van der Waals surface area contributed by atoms with Gasteiger partial charge in [0, 0.05) is 13.1 Å². The molecule has 0 aliphatic rings. The van der Waals surface area contributed by atoms with E-state index in [9.17, 15) is 0 Å². The second-order valence-corrected chi connectivity index (χ2v) is 2.82. The van der Waals surface area contributed by atoms with Gasteiger partial charge in [0.15, 0.2) is 0 Å². The molecule has 0 aliphatic heterocycles. The summed E-state index contributed by atoms with van der Waals surface area (Å²) >= 11 is 0. The lowest BCUT2D eigenvalue weighted by molar-refractivity contribution is 0.169. The molecule has 0 aliphatic carbocycles. The van der Waals surface area contributed by atoms with Crippen molar-refractivity contribution in [3.63, 3.8) is 0 Å². The molecule has 0 heterocycles. The molecule has 0 amide bonds. The average Bonchev–Trinajstić information content (AvgIpc) is 1.98. The minimum Gasteiger partial charge on any atom is -0.395 e. The van der Waals surface area contributed by atoms with Crippen molar-refractivity contribution < 1.29 is 10.2 Å². The van der Waals surface area contributed by atoms with Crippen LogP contribution in [0.1, 0.15) is 0 Å². The van der Waals surface area contributed by atoms with Crippen LogP contribution in [0.25, 0.3) is 0 Å². The first-order valence-corrected chi connectivity index (χ1v) is 3.80. The summed E-state index contributed by atoms with van der Waals surface area (Å²) in [4.78, 5) is 2.04. The van der Waals surface area contributed by atoms with Crippen LogP contribution in [0.2, 0.25) is 0 Å².